The Morgan fingerprint density at radius 1 is 1.06 bits per heavy atom. The van der Waals surface area contributed by atoms with E-state index in [1.807, 2.05) is 48.6 Å². The molecule has 0 heterocycles. The SMILES string of the molecule is COC(=O)[C@H](Cc1ccccc1)NC(=O)c1cccc(/C=C\CCCC(=O)N(C)C)c1. The second-order valence-corrected chi connectivity index (χ2v) is 7.45. The van der Waals surface area contributed by atoms with E-state index in [0.717, 1.165) is 24.0 Å². The molecule has 0 fully saturated rings. The van der Waals surface area contributed by atoms with Crippen LogP contribution >= 0.6 is 0 Å². The van der Waals surface area contributed by atoms with Crippen LogP contribution in [-0.4, -0.2) is 49.9 Å². The summed E-state index contributed by atoms with van der Waals surface area (Å²) in [5.74, 6) is -0.707. The molecule has 2 amide bonds. The van der Waals surface area contributed by atoms with Gasteiger partial charge in [-0.25, -0.2) is 4.79 Å². The van der Waals surface area contributed by atoms with Gasteiger partial charge in [-0.3, -0.25) is 9.59 Å². The first-order chi connectivity index (χ1) is 14.9. The summed E-state index contributed by atoms with van der Waals surface area (Å²) in [5, 5.41) is 2.78. The van der Waals surface area contributed by atoms with Gasteiger partial charge in [0.15, 0.2) is 0 Å². The van der Waals surface area contributed by atoms with Crippen molar-refractivity contribution in [1.29, 1.82) is 0 Å². The Morgan fingerprint density at radius 3 is 2.48 bits per heavy atom. The van der Waals surface area contributed by atoms with Crippen LogP contribution < -0.4 is 5.32 Å². The lowest BCUT2D eigenvalue weighted by Gasteiger charge is -2.17. The molecule has 0 aliphatic rings. The first-order valence-electron chi connectivity index (χ1n) is 10.3. The minimum absolute atomic E-state index is 0.114. The Morgan fingerprint density at radius 2 is 1.81 bits per heavy atom. The van der Waals surface area contributed by atoms with E-state index < -0.39 is 12.0 Å². The van der Waals surface area contributed by atoms with Gasteiger partial charge in [0, 0.05) is 32.5 Å². The number of carbonyl (C=O) groups excluding carboxylic acids is 3. The molecule has 164 valence electrons. The van der Waals surface area contributed by atoms with Crippen molar-refractivity contribution >= 4 is 23.9 Å². The third-order valence-corrected chi connectivity index (χ3v) is 4.79. The zero-order valence-electron chi connectivity index (χ0n) is 18.3. The van der Waals surface area contributed by atoms with E-state index in [1.54, 1.807) is 37.2 Å². The largest absolute Gasteiger partial charge is 0.467 e. The van der Waals surface area contributed by atoms with E-state index in [2.05, 4.69) is 5.32 Å². The molecule has 0 aliphatic heterocycles. The van der Waals surface area contributed by atoms with Crippen molar-refractivity contribution in [3.8, 4) is 0 Å². The minimum Gasteiger partial charge on any atom is -0.467 e. The lowest BCUT2D eigenvalue weighted by Crippen LogP contribution is -2.43. The Labute approximate surface area is 183 Å². The highest BCUT2D eigenvalue weighted by Crippen LogP contribution is 2.11. The molecule has 0 unspecified atom stereocenters. The smallest absolute Gasteiger partial charge is 0.328 e. The van der Waals surface area contributed by atoms with Crippen molar-refractivity contribution in [3.05, 3.63) is 77.4 Å². The second-order valence-electron chi connectivity index (χ2n) is 7.45. The highest BCUT2D eigenvalue weighted by molar-refractivity contribution is 5.97. The van der Waals surface area contributed by atoms with Gasteiger partial charge < -0.3 is 15.0 Å². The van der Waals surface area contributed by atoms with Crippen LogP contribution in [0.2, 0.25) is 0 Å². The predicted molar refractivity (Wildman–Crippen MR) is 121 cm³/mol. The molecule has 1 N–H and O–H groups in total. The minimum atomic E-state index is -0.770. The summed E-state index contributed by atoms with van der Waals surface area (Å²) < 4.78 is 4.86. The van der Waals surface area contributed by atoms with Crippen LogP contribution in [0.5, 0.6) is 0 Å². The number of ether oxygens (including phenoxy) is 1. The number of benzene rings is 2. The summed E-state index contributed by atoms with van der Waals surface area (Å²) in [7, 11) is 4.81. The van der Waals surface area contributed by atoms with Gasteiger partial charge in [0.1, 0.15) is 6.04 Å². The van der Waals surface area contributed by atoms with Gasteiger partial charge in [0.2, 0.25) is 5.91 Å². The van der Waals surface area contributed by atoms with E-state index in [9.17, 15) is 14.4 Å². The lowest BCUT2D eigenvalue weighted by atomic mass is 10.0. The van der Waals surface area contributed by atoms with Crippen LogP contribution in [0.1, 0.15) is 40.7 Å². The number of hydrogen-bond acceptors (Lipinski definition) is 4. The van der Waals surface area contributed by atoms with Crippen molar-refractivity contribution in [1.82, 2.24) is 10.2 Å². The van der Waals surface area contributed by atoms with Crippen molar-refractivity contribution in [2.45, 2.75) is 31.7 Å². The zero-order chi connectivity index (χ0) is 22.6. The van der Waals surface area contributed by atoms with Gasteiger partial charge in [-0.05, 0) is 36.1 Å². The van der Waals surface area contributed by atoms with E-state index in [-0.39, 0.29) is 11.8 Å². The zero-order valence-corrected chi connectivity index (χ0v) is 18.3. The number of nitrogens with one attached hydrogen (secondary N) is 1. The number of unbranched alkanes of at least 4 members (excludes halogenated alkanes) is 1. The topological polar surface area (TPSA) is 75.7 Å². The average molecular weight is 423 g/mol. The molecule has 1 atom stereocenters. The first-order valence-corrected chi connectivity index (χ1v) is 10.3. The number of nitrogens with zero attached hydrogens (tertiary/aromatic N) is 1. The molecule has 0 bridgehead atoms. The molecule has 6 nitrogen and oxygen atoms in total. The fraction of sp³-hybridized carbons (Fsp3) is 0.320. The van der Waals surface area contributed by atoms with Crippen molar-refractivity contribution in [2.75, 3.05) is 21.2 Å². The highest BCUT2D eigenvalue weighted by Gasteiger charge is 2.22. The van der Waals surface area contributed by atoms with Crippen LogP contribution in [0.3, 0.4) is 0 Å². The Balaban J connectivity index is 1.98. The number of amides is 2. The number of allylic oxidation sites excluding steroid dienone is 1. The molecule has 0 spiro atoms. The molecule has 2 rings (SSSR count). The number of methoxy groups -OCH3 is 1. The van der Waals surface area contributed by atoms with E-state index in [0.29, 0.717) is 18.4 Å². The molecule has 6 heteroatoms. The Hall–Kier alpha value is -3.41. The highest BCUT2D eigenvalue weighted by atomic mass is 16.5. The first kappa shape index (κ1) is 23.9. The number of esters is 1. The van der Waals surface area contributed by atoms with Crippen molar-refractivity contribution in [3.63, 3.8) is 0 Å². The number of hydrogen-bond donors (Lipinski definition) is 1. The lowest BCUT2D eigenvalue weighted by molar-refractivity contribution is -0.142. The molecular weight excluding hydrogens is 392 g/mol. The molecule has 0 saturated heterocycles. The maximum Gasteiger partial charge on any atom is 0.328 e. The van der Waals surface area contributed by atoms with E-state index >= 15 is 0 Å². The van der Waals surface area contributed by atoms with Gasteiger partial charge in [0.25, 0.3) is 5.91 Å². The summed E-state index contributed by atoms with van der Waals surface area (Å²) in [6.07, 6.45) is 6.33. The molecule has 2 aromatic rings. The Kier molecular flexibility index (Phi) is 9.49. The molecule has 2 aromatic carbocycles. The van der Waals surface area contributed by atoms with Crippen molar-refractivity contribution in [2.24, 2.45) is 0 Å². The maximum absolute atomic E-state index is 12.7. The fourth-order valence-corrected chi connectivity index (χ4v) is 3.02. The van der Waals surface area contributed by atoms with Gasteiger partial charge >= 0.3 is 5.97 Å². The van der Waals surface area contributed by atoms with E-state index in [4.69, 9.17) is 4.74 Å². The predicted octanol–water partition coefficient (Wildman–Crippen LogP) is 3.47. The monoisotopic (exact) mass is 422 g/mol. The third kappa shape index (κ3) is 8.09. The van der Waals surface area contributed by atoms with Gasteiger partial charge in [-0.2, -0.15) is 0 Å². The molecule has 0 saturated carbocycles. The van der Waals surface area contributed by atoms with E-state index in [1.165, 1.54) is 7.11 Å². The molecule has 0 aliphatic carbocycles. The molecule has 0 aromatic heterocycles. The van der Waals surface area contributed by atoms with Crippen LogP contribution in [-0.2, 0) is 20.7 Å². The Bertz CT molecular complexity index is 907. The molecular formula is C25H30N2O4. The van der Waals surface area contributed by atoms with Crippen molar-refractivity contribution < 1.29 is 19.1 Å². The second kappa shape index (κ2) is 12.3. The summed E-state index contributed by atoms with van der Waals surface area (Å²) >= 11 is 0. The van der Waals surface area contributed by atoms with Gasteiger partial charge in [-0.15, -0.1) is 0 Å². The van der Waals surface area contributed by atoms with Gasteiger partial charge in [0.05, 0.1) is 7.11 Å². The molecule has 31 heavy (non-hydrogen) atoms. The summed E-state index contributed by atoms with van der Waals surface area (Å²) in [5.41, 5.74) is 2.28. The van der Waals surface area contributed by atoms with Crippen LogP contribution in [0.15, 0.2) is 60.7 Å². The normalized spacial score (nSPS) is 11.7. The third-order valence-electron chi connectivity index (χ3n) is 4.79. The average Bonchev–Trinajstić information content (AvgIpc) is 2.78. The summed E-state index contributed by atoms with van der Waals surface area (Å²) in [6, 6.07) is 15.9. The maximum atomic E-state index is 12.7. The van der Waals surface area contributed by atoms with Crippen LogP contribution in [0, 0.1) is 0 Å². The molecule has 0 radical (unpaired) electrons. The quantitative estimate of drug-likeness (QED) is 0.470. The van der Waals surface area contributed by atoms with Gasteiger partial charge in [-0.1, -0.05) is 54.6 Å². The number of rotatable bonds is 10. The van der Waals surface area contributed by atoms with Crippen LogP contribution in [0.4, 0.5) is 0 Å². The standard InChI is InChI=1S/C25H30N2O4/c1-27(2)23(28)16-9-5-8-11-19-14-10-15-21(17-19)24(29)26-22(25(30)31-3)18-20-12-6-4-7-13-20/h4,6-8,10-15,17,22H,5,9,16,18H2,1-3H3,(H,26,29)/b11-8-/t22-/m0/s1. The fourth-order valence-electron chi connectivity index (χ4n) is 3.02. The van der Waals surface area contributed by atoms with Crippen LogP contribution in [0.25, 0.3) is 6.08 Å². The number of carbonyl (C=O) groups is 3. The summed E-state index contributed by atoms with van der Waals surface area (Å²) in [4.78, 5) is 38.1. The summed E-state index contributed by atoms with van der Waals surface area (Å²) in [6.45, 7) is 0.